The van der Waals surface area contributed by atoms with Gasteiger partial charge in [0.2, 0.25) is 0 Å². The lowest BCUT2D eigenvalue weighted by atomic mass is 9.78. The Bertz CT molecular complexity index is 532. The summed E-state index contributed by atoms with van der Waals surface area (Å²) in [6, 6.07) is 9.96. The number of Topliss-reactive ketones (excluding diaryl/α,β-unsaturated/α-hetero) is 1. The molecule has 0 saturated carbocycles. The van der Waals surface area contributed by atoms with Crippen LogP contribution in [0.25, 0.3) is 6.08 Å². The van der Waals surface area contributed by atoms with E-state index >= 15 is 0 Å². The normalized spacial score (nSPS) is 36.3. The molecule has 0 unspecified atom stereocenters. The van der Waals surface area contributed by atoms with Gasteiger partial charge in [-0.05, 0) is 26.3 Å². The smallest absolute Gasteiger partial charge is 0.179 e. The van der Waals surface area contributed by atoms with Gasteiger partial charge in [0.1, 0.15) is 12.2 Å². The van der Waals surface area contributed by atoms with E-state index in [1.165, 1.54) is 0 Å². The van der Waals surface area contributed by atoms with Crippen LogP contribution in [0.2, 0.25) is 0 Å². The highest BCUT2D eigenvalue weighted by atomic mass is 16.8. The van der Waals surface area contributed by atoms with E-state index in [-0.39, 0.29) is 11.9 Å². The highest BCUT2D eigenvalue weighted by molar-refractivity contribution is 5.93. The number of carbonyl (C=O) groups excluding carboxylic acids is 1. The van der Waals surface area contributed by atoms with Crippen LogP contribution in [0.1, 0.15) is 26.3 Å². The van der Waals surface area contributed by atoms with Crippen LogP contribution in [0.4, 0.5) is 0 Å². The van der Waals surface area contributed by atoms with Crippen molar-refractivity contribution in [3.63, 3.8) is 0 Å². The molecule has 2 fully saturated rings. The Morgan fingerprint density at radius 3 is 2.37 bits per heavy atom. The SMILES string of the molecule is CC1(C)C(=O)[C@@H]2O[C@@]1(C)O[C@H]2/C=C/c1ccccc1. The third-order valence-corrected chi connectivity index (χ3v) is 4.30. The van der Waals surface area contributed by atoms with Gasteiger partial charge in [-0.2, -0.15) is 0 Å². The minimum absolute atomic E-state index is 0.129. The Morgan fingerprint density at radius 2 is 1.79 bits per heavy atom. The molecule has 19 heavy (non-hydrogen) atoms. The molecule has 0 aromatic heterocycles. The molecule has 3 heteroatoms. The maximum atomic E-state index is 12.3. The highest BCUT2D eigenvalue weighted by Gasteiger charge is 2.66. The fourth-order valence-corrected chi connectivity index (χ4v) is 2.65. The maximum Gasteiger partial charge on any atom is 0.179 e. The molecule has 1 aromatic rings. The molecular weight excluding hydrogens is 240 g/mol. The summed E-state index contributed by atoms with van der Waals surface area (Å²) < 4.78 is 11.7. The minimum Gasteiger partial charge on any atom is -0.339 e. The number of ether oxygens (including phenoxy) is 2. The van der Waals surface area contributed by atoms with Gasteiger partial charge in [0.25, 0.3) is 0 Å². The molecule has 2 bridgehead atoms. The van der Waals surface area contributed by atoms with Crippen molar-refractivity contribution in [1.82, 2.24) is 0 Å². The Morgan fingerprint density at radius 1 is 1.11 bits per heavy atom. The molecule has 1 aromatic carbocycles. The van der Waals surface area contributed by atoms with E-state index in [1.807, 2.05) is 63.3 Å². The first-order chi connectivity index (χ1) is 8.94. The number of benzene rings is 1. The van der Waals surface area contributed by atoms with Crippen LogP contribution in [0, 0.1) is 5.41 Å². The first-order valence-corrected chi connectivity index (χ1v) is 6.57. The third-order valence-electron chi connectivity index (χ3n) is 4.30. The lowest BCUT2D eigenvalue weighted by Crippen LogP contribution is -2.49. The summed E-state index contributed by atoms with van der Waals surface area (Å²) in [4.78, 5) is 12.3. The van der Waals surface area contributed by atoms with Crippen molar-refractivity contribution in [2.24, 2.45) is 5.41 Å². The van der Waals surface area contributed by atoms with Gasteiger partial charge in [-0.3, -0.25) is 4.79 Å². The first kappa shape index (κ1) is 12.6. The predicted molar refractivity (Wildman–Crippen MR) is 72.4 cm³/mol. The molecule has 3 rings (SSSR count). The molecule has 2 aliphatic rings. The van der Waals surface area contributed by atoms with E-state index in [1.54, 1.807) is 0 Å². The van der Waals surface area contributed by atoms with Crippen molar-refractivity contribution in [2.45, 2.75) is 38.8 Å². The Labute approximate surface area is 113 Å². The molecular formula is C16H18O3. The summed E-state index contributed by atoms with van der Waals surface area (Å²) in [5.41, 5.74) is 0.514. The number of carbonyl (C=O) groups is 1. The molecule has 2 saturated heterocycles. The molecule has 0 aliphatic carbocycles. The average molecular weight is 258 g/mol. The fourth-order valence-electron chi connectivity index (χ4n) is 2.65. The van der Waals surface area contributed by atoms with Crippen LogP contribution in [-0.4, -0.2) is 23.8 Å². The van der Waals surface area contributed by atoms with E-state index in [0.717, 1.165) is 5.56 Å². The number of ketones is 1. The van der Waals surface area contributed by atoms with Gasteiger partial charge in [0, 0.05) is 0 Å². The largest absolute Gasteiger partial charge is 0.339 e. The zero-order valence-corrected chi connectivity index (χ0v) is 11.4. The third kappa shape index (κ3) is 1.77. The summed E-state index contributed by atoms with van der Waals surface area (Å²) in [5, 5.41) is 0. The lowest BCUT2D eigenvalue weighted by Gasteiger charge is -2.36. The summed E-state index contributed by atoms with van der Waals surface area (Å²) in [7, 11) is 0. The molecule has 2 heterocycles. The van der Waals surface area contributed by atoms with Gasteiger partial charge in [-0.1, -0.05) is 42.5 Å². The standard InChI is InChI=1S/C16H18O3/c1-15(2)14(17)13-12(18-16(15,3)19-13)10-9-11-7-5-4-6-8-11/h4-10,12-13H,1-3H3/b10-9+/t12-,13+,16+/m0/s1. The Hall–Kier alpha value is -1.45. The molecule has 0 N–H and O–H groups in total. The maximum absolute atomic E-state index is 12.3. The molecule has 3 nitrogen and oxygen atoms in total. The van der Waals surface area contributed by atoms with Crippen molar-refractivity contribution in [1.29, 1.82) is 0 Å². The van der Waals surface area contributed by atoms with Gasteiger partial charge >= 0.3 is 0 Å². The van der Waals surface area contributed by atoms with E-state index in [2.05, 4.69) is 0 Å². The second-order valence-electron chi connectivity index (χ2n) is 5.83. The molecule has 0 radical (unpaired) electrons. The number of fused-ring (bicyclic) bond motifs is 2. The van der Waals surface area contributed by atoms with Crippen molar-refractivity contribution >= 4 is 11.9 Å². The molecule has 3 atom stereocenters. The predicted octanol–water partition coefficient (Wildman–Crippen LogP) is 2.81. The first-order valence-electron chi connectivity index (χ1n) is 6.57. The zero-order chi connectivity index (χ0) is 13.7. The second-order valence-corrected chi connectivity index (χ2v) is 5.83. The summed E-state index contributed by atoms with van der Waals surface area (Å²) in [6.45, 7) is 5.61. The van der Waals surface area contributed by atoms with Crippen LogP contribution in [-0.2, 0) is 14.3 Å². The highest BCUT2D eigenvalue weighted by Crippen LogP contribution is 2.51. The summed E-state index contributed by atoms with van der Waals surface area (Å²) in [5.74, 6) is -0.676. The van der Waals surface area contributed by atoms with E-state index < -0.39 is 17.3 Å². The van der Waals surface area contributed by atoms with Crippen molar-refractivity contribution < 1.29 is 14.3 Å². The van der Waals surface area contributed by atoms with E-state index in [9.17, 15) is 4.79 Å². The van der Waals surface area contributed by atoms with Gasteiger partial charge < -0.3 is 9.47 Å². The van der Waals surface area contributed by atoms with Crippen LogP contribution in [0.3, 0.4) is 0 Å². The van der Waals surface area contributed by atoms with Gasteiger partial charge in [-0.25, -0.2) is 0 Å². The lowest BCUT2D eigenvalue weighted by molar-refractivity contribution is -0.196. The molecule has 0 spiro atoms. The molecule has 0 amide bonds. The quantitative estimate of drug-likeness (QED) is 0.818. The van der Waals surface area contributed by atoms with E-state index in [4.69, 9.17) is 9.47 Å². The second kappa shape index (κ2) is 4.02. The van der Waals surface area contributed by atoms with E-state index in [0.29, 0.717) is 0 Å². The van der Waals surface area contributed by atoms with Gasteiger partial charge in [0.05, 0.1) is 5.41 Å². The fraction of sp³-hybridized carbons (Fsp3) is 0.438. The number of hydrogen-bond donors (Lipinski definition) is 0. The van der Waals surface area contributed by atoms with Crippen molar-refractivity contribution in [3.05, 3.63) is 42.0 Å². The monoisotopic (exact) mass is 258 g/mol. The van der Waals surface area contributed by atoms with Gasteiger partial charge in [-0.15, -0.1) is 0 Å². The number of hydrogen-bond acceptors (Lipinski definition) is 3. The molecule has 100 valence electrons. The molecule has 2 aliphatic heterocycles. The van der Waals surface area contributed by atoms with Gasteiger partial charge in [0.15, 0.2) is 11.6 Å². The van der Waals surface area contributed by atoms with Crippen LogP contribution < -0.4 is 0 Å². The Kier molecular flexibility index (Phi) is 2.66. The topological polar surface area (TPSA) is 35.5 Å². The number of rotatable bonds is 2. The summed E-state index contributed by atoms with van der Waals surface area (Å²) >= 11 is 0. The zero-order valence-electron chi connectivity index (χ0n) is 11.4. The Balaban J connectivity index is 1.81. The van der Waals surface area contributed by atoms with Crippen LogP contribution in [0.5, 0.6) is 0 Å². The minimum atomic E-state index is -0.805. The van der Waals surface area contributed by atoms with Crippen molar-refractivity contribution in [3.8, 4) is 0 Å². The summed E-state index contributed by atoms with van der Waals surface area (Å²) in [6.07, 6.45) is 3.13. The van der Waals surface area contributed by atoms with Crippen molar-refractivity contribution in [2.75, 3.05) is 0 Å². The van der Waals surface area contributed by atoms with Crippen LogP contribution in [0.15, 0.2) is 36.4 Å². The average Bonchev–Trinajstić information content (AvgIpc) is 2.82. The van der Waals surface area contributed by atoms with Crippen LogP contribution >= 0.6 is 0 Å².